The molecule has 0 spiro atoms. The third-order valence-electron chi connectivity index (χ3n) is 3.80. The van der Waals surface area contributed by atoms with Crippen molar-refractivity contribution in [2.45, 2.75) is 6.42 Å². The monoisotopic (exact) mass is 324 g/mol. The van der Waals surface area contributed by atoms with Crippen LogP contribution in [0, 0.1) is 0 Å². The van der Waals surface area contributed by atoms with Gasteiger partial charge in [0.1, 0.15) is 5.58 Å². The van der Waals surface area contributed by atoms with Crippen LogP contribution in [0.4, 0.5) is 11.4 Å². The lowest BCUT2D eigenvalue weighted by atomic mass is 10.1. The van der Waals surface area contributed by atoms with Gasteiger partial charge in [0.15, 0.2) is 0 Å². The quantitative estimate of drug-likeness (QED) is 0.438. The van der Waals surface area contributed by atoms with Crippen LogP contribution in [-0.2, 0) is 11.2 Å². The van der Waals surface area contributed by atoms with E-state index in [9.17, 15) is 9.59 Å². The molecule has 0 radical (unpaired) electrons. The Morgan fingerprint density at radius 3 is 2.58 bits per heavy atom. The number of hydrogen-bond acceptors (Lipinski definition) is 5. The Morgan fingerprint density at radius 2 is 1.88 bits per heavy atom. The molecule has 1 amide bonds. The van der Waals surface area contributed by atoms with Crippen LogP contribution in [0.3, 0.4) is 0 Å². The Kier molecular flexibility index (Phi) is 4.31. The fraction of sp³-hybridized carbons (Fsp3) is 0.111. The highest BCUT2D eigenvalue weighted by Gasteiger charge is 2.11. The topological polar surface area (TPSA) is 82.8 Å². The number of anilines is 2. The van der Waals surface area contributed by atoms with Gasteiger partial charge in [-0.25, -0.2) is 10.3 Å². The minimum absolute atomic E-state index is 0.0956. The maximum Gasteiger partial charge on any atom is 0.338 e. The second-order valence-corrected chi connectivity index (χ2v) is 5.38. The Bertz CT molecular complexity index is 932. The zero-order valence-corrected chi connectivity index (χ0v) is 13.0. The van der Waals surface area contributed by atoms with Crippen LogP contribution in [0.2, 0.25) is 0 Å². The summed E-state index contributed by atoms with van der Waals surface area (Å²) in [7, 11) is 1.86. The molecule has 0 atom stereocenters. The molecule has 6 heteroatoms. The van der Waals surface area contributed by atoms with Crippen molar-refractivity contribution >= 4 is 28.3 Å². The second-order valence-electron chi connectivity index (χ2n) is 5.38. The van der Waals surface area contributed by atoms with Gasteiger partial charge in [-0.05, 0) is 29.8 Å². The standard InChI is InChI=1S/C18H16N2O4/c1-20(13-8-6-12(7-9-13)10-17(21)19-23)15-11-18(22)24-16-5-3-2-4-14(15)16/h2-9,11,23H,10H2,1H3,(H,19,21). The first-order chi connectivity index (χ1) is 11.6. The highest BCUT2D eigenvalue weighted by Crippen LogP contribution is 2.29. The van der Waals surface area contributed by atoms with Gasteiger partial charge < -0.3 is 9.32 Å². The molecule has 0 unspecified atom stereocenters. The molecule has 2 aromatic carbocycles. The second kappa shape index (κ2) is 6.55. The number of rotatable bonds is 4. The maximum atomic E-state index is 11.8. The predicted molar refractivity (Wildman–Crippen MR) is 90.6 cm³/mol. The molecule has 0 aliphatic heterocycles. The zero-order valence-electron chi connectivity index (χ0n) is 13.0. The van der Waals surface area contributed by atoms with Crippen LogP contribution in [0.15, 0.2) is 63.8 Å². The highest BCUT2D eigenvalue weighted by molar-refractivity contribution is 5.92. The van der Waals surface area contributed by atoms with Crippen molar-refractivity contribution < 1.29 is 14.4 Å². The van der Waals surface area contributed by atoms with Crippen molar-refractivity contribution in [3.8, 4) is 0 Å². The van der Waals surface area contributed by atoms with Crippen LogP contribution in [0.1, 0.15) is 5.56 Å². The summed E-state index contributed by atoms with van der Waals surface area (Å²) in [5.74, 6) is -0.470. The third-order valence-corrected chi connectivity index (χ3v) is 3.80. The van der Waals surface area contributed by atoms with Crippen LogP contribution < -0.4 is 16.0 Å². The summed E-state index contributed by atoms with van der Waals surface area (Å²) in [5, 5.41) is 9.40. The van der Waals surface area contributed by atoms with E-state index in [4.69, 9.17) is 9.62 Å². The Balaban J connectivity index is 1.96. The van der Waals surface area contributed by atoms with Gasteiger partial charge in [0.25, 0.3) is 0 Å². The molecule has 2 N–H and O–H groups in total. The summed E-state index contributed by atoms with van der Waals surface area (Å²) in [5.41, 5.74) is 4.10. The molecule has 0 saturated heterocycles. The van der Waals surface area contributed by atoms with Gasteiger partial charge in [-0.3, -0.25) is 10.0 Å². The molecular weight excluding hydrogens is 308 g/mol. The minimum atomic E-state index is -0.470. The first-order valence-electron chi connectivity index (χ1n) is 7.37. The van der Waals surface area contributed by atoms with E-state index in [-0.39, 0.29) is 6.42 Å². The predicted octanol–water partition coefficient (Wildman–Crippen LogP) is 2.61. The highest BCUT2D eigenvalue weighted by atomic mass is 16.5. The largest absolute Gasteiger partial charge is 0.423 e. The van der Waals surface area contributed by atoms with Gasteiger partial charge in [0, 0.05) is 24.2 Å². The lowest BCUT2D eigenvalue weighted by molar-refractivity contribution is -0.128. The molecule has 0 aliphatic carbocycles. The molecule has 3 rings (SSSR count). The van der Waals surface area contributed by atoms with Crippen molar-refractivity contribution in [2.24, 2.45) is 0 Å². The number of fused-ring (bicyclic) bond motifs is 1. The summed E-state index contributed by atoms with van der Waals surface area (Å²) in [6.45, 7) is 0. The van der Waals surface area contributed by atoms with Gasteiger partial charge >= 0.3 is 5.63 Å². The molecule has 24 heavy (non-hydrogen) atoms. The smallest absolute Gasteiger partial charge is 0.338 e. The number of carbonyl (C=O) groups excluding carboxylic acids is 1. The number of benzene rings is 2. The molecule has 6 nitrogen and oxygen atoms in total. The summed E-state index contributed by atoms with van der Waals surface area (Å²) in [4.78, 5) is 24.9. The molecular formula is C18H16N2O4. The first kappa shape index (κ1) is 15.8. The third kappa shape index (κ3) is 3.13. The summed E-state index contributed by atoms with van der Waals surface area (Å²) < 4.78 is 5.21. The SMILES string of the molecule is CN(c1ccc(CC(=O)NO)cc1)c1cc(=O)oc2ccccc12. The summed E-state index contributed by atoms with van der Waals surface area (Å²) in [6, 6.07) is 16.1. The van der Waals surface area contributed by atoms with Gasteiger partial charge in [-0.1, -0.05) is 24.3 Å². The van der Waals surface area contributed by atoms with Crippen molar-refractivity contribution in [3.63, 3.8) is 0 Å². The normalized spacial score (nSPS) is 10.6. The van der Waals surface area contributed by atoms with Gasteiger partial charge in [0.05, 0.1) is 12.1 Å². The molecule has 0 saturated carbocycles. The minimum Gasteiger partial charge on any atom is -0.423 e. The van der Waals surface area contributed by atoms with Crippen LogP contribution in [0.5, 0.6) is 0 Å². The van der Waals surface area contributed by atoms with E-state index >= 15 is 0 Å². The molecule has 1 aromatic heterocycles. The summed E-state index contributed by atoms with van der Waals surface area (Å²) >= 11 is 0. The number of para-hydroxylation sites is 1. The fourth-order valence-corrected chi connectivity index (χ4v) is 2.57. The molecule has 0 fully saturated rings. The van der Waals surface area contributed by atoms with Crippen molar-refractivity contribution in [3.05, 3.63) is 70.6 Å². The number of nitrogens with zero attached hydrogens (tertiary/aromatic N) is 1. The number of amides is 1. The lowest BCUT2D eigenvalue weighted by Crippen LogP contribution is -2.20. The number of hydrogen-bond donors (Lipinski definition) is 2. The lowest BCUT2D eigenvalue weighted by Gasteiger charge is -2.21. The number of hydroxylamine groups is 1. The van der Waals surface area contributed by atoms with E-state index in [1.807, 2.05) is 42.3 Å². The van der Waals surface area contributed by atoms with E-state index in [0.29, 0.717) is 5.58 Å². The zero-order chi connectivity index (χ0) is 17.1. The van der Waals surface area contributed by atoms with Gasteiger partial charge in [-0.15, -0.1) is 0 Å². The molecule has 3 aromatic rings. The Labute approximate surface area is 137 Å². The summed E-state index contributed by atoms with van der Waals surface area (Å²) in [6.07, 6.45) is 0.0956. The fourth-order valence-electron chi connectivity index (χ4n) is 2.57. The van der Waals surface area contributed by atoms with Gasteiger partial charge in [-0.2, -0.15) is 0 Å². The molecule has 122 valence electrons. The van der Waals surface area contributed by atoms with E-state index in [1.165, 1.54) is 6.07 Å². The van der Waals surface area contributed by atoms with Crippen molar-refractivity contribution in [1.29, 1.82) is 0 Å². The van der Waals surface area contributed by atoms with Crippen molar-refractivity contribution in [1.82, 2.24) is 5.48 Å². The van der Waals surface area contributed by atoms with Gasteiger partial charge in [0.2, 0.25) is 5.91 Å². The molecule has 0 bridgehead atoms. The first-order valence-corrected chi connectivity index (χ1v) is 7.37. The van der Waals surface area contributed by atoms with Crippen LogP contribution in [0.25, 0.3) is 11.0 Å². The number of nitrogens with one attached hydrogen (secondary N) is 1. The Morgan fingerprint density at radius 1 is 1.17 bits per heavy atom. The van der Waals surface area contributed by atoms with Crippen LogP contribution in [-0.4, -0.2) is 18.2 Å². The van der Waals surface area contributed by atoms with E-state index in [2.05, 4.69) is 0 Å². The average molecular weight is 324 g/mol. The Hall–Kier alpha value is -3.12. The van der Waals surface area contributed by atoms with E-state index in [1.54, 1.807) is 23.7 Å². The van der Waals surface area contributed by atoms with Crippen molar-refractivity contribution in [2.75, 3.05) is 11.9 Å². The number of carbonyl (C=O) groups is 1. The molecule has 0 aliphatic rings. The molecule has 1 heterocycles. The van der Waals surface area contributed by atoms with Crippen LogP contribution >= 0.6 is 0 Å². The van der Waals surface area contributed by atoms with E-state index in [0.717, 1.165) is 22.3 Å². The van der Waals surface area contributed by atoms with E-state index < -0.39 is 11.5 Å². The maximum absolute atomic E-state index is 11.8. The average Bonchev–Trinajstić information content (AvgIpc) is 2.61.